The van der Waals surface area contributed by atoms with E-state index in [4.69, 9.17) is 0 Å². The molecular weight excluding hydrogens is 422 g/mol. The van der Waals surface area contributed by atoms with Crippen molar-refractivity contribution in [2.45, 2.75) is 30.5 Å². The van der Waals surface area contributed by atoms with E-state index >= 15 is 0 Å². The van der Waals surface area contributed by atoms with E-state index in [9.17, 15) is 13.2 Å². The maximum Gasteiger partial charge on any atom is 0.258 e. The first-order chi connectivity index (χ1) is 13.0. The molecule has 142 valence electrons. The van der Waals surface area contributed by atoms with Crippen LogP contribution in [0.2, 0.25) is 0 Å². The second kappa shape index (κ2) is 7.44. The zero-order valence-corrected chi connectivity index (χ0v) is 17.7. The van der Waals surface area contributed by atoms with Gasteiger partial charge in [-0.05, 0) is 30.0 Å². The summed E-state index contributed by atoms with van der Waals surface area (Å²) in [4.78, 5) is 18.6. The first-order valence-electron chi connectivity index (χ1n) is 8.38. The summed E-state index contributed by atoms with van der Waals surface area (Å²) in [6.07, 6.45) is 1.37. The summed E-state index contributed by atoms with van der Waals surface area (Å²) in [7, 11) is -3.50. The summed E-state index contributed by atoms with van der Waals surface area (Å²) >= 11 is 4.13. The van der Waals surface area contributed by atoms with Gasteiger partial charge >= 0.3 is 0 Å². The van der Waals surface area contributed by atoms with Gasteiger partial charge in [-0.2, -0.15) is 15.6 Å². The van der Waals surface area contributed by atoms with Gasteiger partial charge in [0.25, 0.3) is 15.9 Å². The highest BCUT2D eigenvalue weighted by molar-refractivity contribution is 7.91. The summed E-state index contributed by atoms with van der Waals surface area (Å²) in [6.45, 7) is 2.71. The van der Waals surface area contributed by atoms with Gasteiger partial charge in [0, 0.05) is 28.1 Å². The van der Waals surface area contributed by atoms with Crippen LogP contribution in [0.1, 0.15) is 32.7 Å². The normalized spacial score (nSPS) is 14.9. The molecule has 0 saturated carbocycles. The molecule has 10 heteroatoms. The predicted octanol–water partition coefficient (Wildman–Crippen LogP) is 3.83. The van der Waals surface area contributed by atoms with Gasteiger partial charge in [0.15, 0.2) is 5.13 Å². The Morgan fingerprint density at radius 1 is 1.30 bits per heavy atom. The van der Waals surface area contributed by atoms with E-state index in [2.05, 4.69) is 10.3 Å². The minimum atomic E-state index is -3.50. The zero-order valence-electron chi connectivity index (χ0n) is 14.5. The molecule has 0 fully saturated rings. The van der Waals surface area contributed by atoms with Gasteiger partial charge in [0.2, 0.25) is 0 Å². The van der Waals surface area contributed by atoms with E-state index in [1.165, 1.54) is 38.3 Å². The average Bonchev–Trinajstić information content (AvgIpc) is 3.39. The Balaban J connectivity index is 1.51. The number of aromatic nitrogens is 1. The Morgan fingerprint density at radius 3 is 2.85 bits per heavy atom. The van der Waals surface area contributed by atoms with E-state index in [-0.39, 0.29) is 5.91 Å². The molecule has 0 atom stereocenters. The Morgan fingerprint density at radius 2 is 2.15 bits per heavy atom. The number of nitrogens with zero attached hydrogens (tertiary/aromatic N) is 2. The third kappa shape index (κ3) is 3.72. The number of hydrogen-bond acceptors (Lipinski definition) is 7. The molecule has 3 aromatic rings. The van der Waals surface area contributed by atoms with E-state index in [0.717, 1.165) is 21.9 Å². The SMILES string of the molecule is CCc1ccc(S(=O)(=O)N2CCc3nc(NC(=O)c4ccsc4)sc3C2)s1. The van der Waals surface area contributed by atoms with Crippen molar-refractivity contribution in [2.24, 2.45) is 0 Å². The van der Waals surface area contributed by atoms with Crippen LogP contribution in [0.15, 0.2) is 33.2 Å². The van der Waals surface area contributed by atoms with Crippen LogP contribution in [-0.4, -0.2) is 30.2 Å². The molecule has 0 spiro atoms. The van der Waals surface area contributed by atoms with Crippen molar-refractivity contribution in [2.75, 3.05) is 11.9 Å². The number of thiazole rings is 1. The topological polar surface area (TPSA) is 79.4 Å². The van der Waals surface area contributed by atoms with Crippen molar-refractivity contribution < 1.29 is 13.2 Å². The number of hydrogen-bond donors (Lipinski definition) is 1. The maximum atomic E-state index is 12.9. The van der Waals surface area contributed by atoms with Gasteiger partial charge in [0.05, 0.1) is 17.8 Å². The van der Waals surface area contributed by atoms with Crippen LogP contribution in [0.5, 0.6) is 0 Å². The van der Waals surface area contributed by atoms with Crippen LogP contribution >= 0.6 is 34.0 Å². The van der Waals surface area contributed by atoms with E-state index in [1.807, 2.05) is 18.4 Å². The number of aryl methyl sites for hydroxylation is 1. The Kier molecular flexibility index (Phi) is 5.17. The molecule has 0 bridgehead atoms. The summed E-state index contributed by atoms with van der Waals surface area (Å²) in [5, 5.41) is 6.95. The molecule has 0 aromatic carbocycles. The monoisotopic (exact) mass is 439 g/mol. The molecule has 0 aliphatic carbocycles. The van der Waals surface area contributed by atoms with Crippen molar-refractivity contribution in [3.8, 4) is 0 Å². The van der Waals surface area contributed by atoms with Gasteiger partial charge in [-0.15, -0.1) is 22.7 Å². The summed E-state index contributed by atoms with van der Waals surface area (Å²) in [6, 6.07) is 5.32. The van der Waals surface area contributed by atoms with Crippen LogP contribution in [-0.2, 0) is 29.4 Å². The third-order valence-electron chi connectivity index (χ3n) is 4.28. The highest BCUT2D eigenvalue weighted by atomic mass is 32.2. The molecule has 0 unspecified atom stereocenters. The van der Waals surface area contributed by atoms with Gasteiger partial charge in [-0.25, -0.2) is 13.4 Å². The van der Waals surface area contributed by atoms with Gasteiger partial charge in [-0.3, -0.25) is 10.1 Å². The quantitative estimate of drug-likeness (QED) is 0.655. The number of carbonyl (C=O) groups excluding carboxylic acids is 1. The van der Waals surface area contributed by atoms with Crippen LogP contribution in [0.4, 0.5) is 5.13 Å². The number of amides is 1. The highest BCUT2D eigenvalue weighted by Gasteiger charge is 2.31. The van der Waals surface area contributed by atoms with Crippen molar-refractivity contribution in [3.63, 3.8) is 0 Å². The highest BCUT2D eigenvalue weighted by Crippen LogP contribution is 2.33. The smallest absolute Gasteiger partial charge is 0.258 e. The summed E-state index contributed by atoms with van der Waals surface area (Å²) < 4.78 is 27.7. The number of nitrogens with one attached hydrogen (secondary N) is 1. The molecule has 0 saturated heterocycles. The van der Waals surface area contributed by atoms with Crippen molar-refractivity contribution in [1.29, 1.82) is 0 Å². The molecule has 4 rings (SSSR count). The molecule has 1 amide bonds. The largest absolute Gasteiger partial charge is 0.298 e. The first-order valence-corrected chi connectivity index (χ1v) is 12.4. The Labute approximate surface area is 169 Å². The molecule has 1 aliphatic rings. The fourth-order valence-corrected chi connectivity index (χ4v) is 7.40. The maximum absolute atomic E-state index is 12.9. The average molecular weight is 440 g/mol. The van der Waals surface area contributed by atoms with Crippen LogP contribution in [0.3, 0.4) is 0 Å². The summed E-state index contributed by atoms with van der Waals surface area (Å²) in [5.41, 5.74) is 1.47. The van der Waals surface area contributed by atoms with Crippen molar-refractivity contribution >= 4 is 55.1 Å². The minimum absolute atomic E-state index is 0.197. The fourth-order valence-electron chi connectivity index (χ4n) is 2.81. The molecular formula is C17H17N3O3S4. The van der Waals surface area contributed by atoms with Crippen LogP contribution in [0, 0.1) is 0 Å². The number of anilines is 1. The molecule has 1 N–H and O–H groups in total. The van der Waals surface area contributed by atoms with Gasteiger partial charge < -0.3 is 0 Å². The first kappa shape index (κ1) is 18.8. The molecule has 6 nitrogen and oxygen atoms in total. The van der Waals surface area contributed by atoms with E-state index in [1.54, 1.807) is 17.5 Å². The molecule has 0 radical (unpaired) electrons. The number of sulfonamides is 1. The van der Waals surface area contributed by atoms with E-state index in [0.29, 0.717) is 34.4 Å². The van der Waals surface area contributed by atoms with E-state index < -0.39 is 10.0 Å². The molecule has 4 heterocycles. The second-order valence-electron chi connectivity index (χ2n) is 6.02. The Hall–Kier alpha value is -1.59. The minimum Gasteiger partial charge on any atom is -0.298 e. The van der Waals surface area contributed by atoms with Crippen molar-refractivity contribution in [1.82, 2.24) is 9.29 Å². The number of carbonyl (C=O) groups is 1. The van der Waals surface area contributed by atoms with Crippen molar-refractivity contribution in [3.05, 3.63) is 50.0 Å². The van der Waals surface area contributed by atoms with Gasteiger partial charge in [0.1, 0.15) is 4.21 Å². The molecule has 27 heavy (non-hydrogen) atoms. The predicted molar refractivity (Wildman–Crippen MR) is 109 cm³/mol. The number of thiophene rings is 2. The lowest BCUT2D eigenvalue weighted by atomic mass is 10.2. The molecule has 1 aliphatic heterocycles. The van der Waals surface area contributed by atoms with Crippen LogP contribution < -0.4 is 5.32 Å². The number of rotatable bonds is 5. The zero-order chi connectivity index (χ0) is 19.0. The van der Waals surface area contributed by atoms with Crippen LogP contribution in [0.25, 0.3) is 0 Å². The molecule has 3 aromatic heterocycles. The lowest BCUT2D eigenvalue weighted by molar-refractivity contribution is 0.102. The fraction of sp³-hybridized carbons (Fsp3) is 0.294. The summed E-state index contributed by atoms with van der Waals surface area (Å²) in [5.74, 6) is -0.197. The standard InChI is InChI=1S/C17H17N3O3S4/c1-2-12-3-4-15(25-12)27(22,23)20-7-5-13-14(9-20)26-17(18-13)19-16(21)11-6-8-24-10-11/h3-4,6,8,10H,2,5,7,9H2,1H3,(H,18,19,21). The lowest BCUT2D eigenvalue weighted by Gasteiger charge is -2.24. The third-order valence-corrected chi connectivity index (χ3v) is 9.50. The lowest BCUT2D eigenvalue weighted by Crippen LogP contribution is -2.35. The number of fused-ring (bicyclic) bond motifs is 1. The van der Waals surface area contributed by atoms with Gasteiger partial charge in [-0.1, -0.05) is 6.92 Å². The second-order valence-corrected chi connectivity index (χ2v) is 11.2. The Bertz CT molecular complexity index is 1070.